The van der Waals surface area contributed by atoms with Crippen LogP contribution in [0.1, 0.15) is 33.6 Å². The molecule has 2 unspecified atom stereocenters. The third-order valence-corrected chi connectivity index (χ3v) is 8.33. The second-order valence-electron chi connectivity index (χ2n) is 9.54. The summed E-state index contributed by atoms with van der Waals surface area (Å²) in [6.07, 6.45) is -0.578. The highest BCUT2D eigenvalue weighted by atomic mass is 32.2. The van der Waals surface area contributed by atoms with Crippen LogP contribution in [0.25, 0.3) is 0 Å². The average Bonchev–Trinajstić information content (AvgIpc) is 3.03. The summed E-state index contributed by atoms with van der Waals surface area (Å²) < 4.78 is 11.6. The number of carboxylic acid groups (broad SMARTS) is 2. The number of nitrogens with two attached hydrogens (primary N) is 2. The van der Waals surface area contributed by atoms with E-state index in [-0.39, 0.29) is 11.0 Å². The fourth-order valence-electron chi connectivity index (χ4n) is 4.28. The Morgan fingerprint density at radius 2 is 1.02 bits per heavy atom. The summed E-state index contributed by atoms with van der Waals surface area (Å²) in [5.74, 6) is 1.67. The van der Waals surface area contributed by atoms with Crippen LogP contribution < -0.4 is 20.9 Å². The van der Waals surface area contributed by atoms with Crippen molar-refractivity contribution in [1.82, 2.24) is 0 Å². The van der Waals surface area contributed by atoms with Crippen LogP contribution in [0.2, 0.25) is 0 Å². The first-order valence-corrected chi connectivity index (χ1v) is 15.0. The lowest BCUT2D eigenvalue weighted by atomic mass is 9.97. The number of para-hydroxylation sites is 4. The van der Waals surface area contributed by atoms with Crippen LogP contribution >= 0.6 is 24.4 Å². The largest absolute Gasteiger partial charge is 0.480 e. The van der Waals surface area contributed by atoms with Crippen molar-refractivity contribution in [2.24, 2.45) is 11.5 Å². The fraction of sp³-hybridized carbons (Fsp3) is 0.188. The first kappa shape index (κ1) is 31.9. The maximum absolute atomic E-state index is 10.9. The number of ether oxygens (including phenoxy) is 2. The topological polar surface area (TPSA) is 165 Å². The number of hydrogen-bond donors (Lipinski definition) is 6. The standard InChI is InChI=1S/C16H15NO3S.C13H10O2.C3H7NO2S/c17-12(16(18)19)9-21-15-10-5-1-3-7-13(10)20-14-8-4-2-6-11(14)15;14-13-9-5-1-3-7-11(9)15-12-8-4-2-6-10(12)13;4-2(1-7)3(5)6/h1-8,12,15H,9,17H2,(H,18,19);1-8,13-14H;2,7H,1,4H2,(H,5,6). The Balaban J connectivity index is 0.000000167. The molecule has 2 heterocycles. The molecular weight excluding hydrogens is 588 g/mol. The van der Waals surface area contributed by atoms with Gasteiger partial charge in [0.05, 0.1) is 5.25 Å². The molecule has 4 aromatic carbocycles. The molecule has 2 aliphatic heterocycles. The Labute approximate surface area is 258 Å². The van der Waals surface area contributed by atoms with E-state index in [1.807, 2.05) is 97.1 Å². The highest BCUT2D eigenvalue weighted by molar-refractivity contribution is 7.99. The maximum atomic E-state index is 10.9. The Kier molecular flexibility index (Phi) is 11.1. The third-order valence-electron chi connectivity index (χ3n) is 6.54. The zero-order valence-corrected chi connectivity index (χ0v) is 24.7. The number of carbonyl (C=O) groups is 2. The highest BCUT2D eigenvalue weighted by Gasteiger charge is 2.28. The van der Waals surface area contributed by atoms with Crippen molar-refractivity contribution in [1.29, 1.82) is 0 Å². The number of benzene rings is 4. The van der Waals surface area contributed by atoms with Crippen LogP contribution in [-0.4, -0.2) is 50.8 Å². The summed E-state index contributed by atoms with van der Waals surface area (Å²) in [6.45, 7) is 0. The van der Waals surface area contributed by atoms with Gasteiger partial charge in [0.15, 0.2) is 0 Å². The van der Waals surface area contributed by atoms with Gasteiger partial charge in [-0.25, -0.2) is 0 Å². The minimum Gasteiger partial charge on any atom is -0.480 e. The van der Waals surface area contributed by atoms with Gasteiger partial charge in [0, 0.05) is 33.8 Å². The van der Waals surface area contributed by atoms with Crippen LogP contribution in [0, 0.1) is 0 Å². The number of thioether (sulfide) groups is 1. The second-order valence-corrected chi connectivity index (χ2v) is 11.0. The van der Waals surface area contributed by atoms with Crippen LogP contribution in [0.3, 0.4) is 0 Å². The van der Waals surface area contributed by atoms with E-state index in [0.717, 1.165) is 45.3 Å². The minimum atomic E-state index is -1.00. The molecule has 4 aromatic rings. The lowest BCUT2D eigenvalue weighted by Gasteiger charge is -2.28. The van der Waals surface area contributed by atoms with E-state index >= 15 is 0 Å². The highest BCUT2D eigenvalue weighted by Crippen LogP contribution is 2.49. The number of aliphatic hydroxyl groups is 1. The first-order valence-electron chi connectivity index (χ1n) is 13.3. The zero-order chi connectivity index (χ0) is 30.9. The van der Waals surface area contributed by atoms with Gasteiger partial charge in [0.1, 0.15) is 41.2 Å². The van der Waals surface area contributed by atoms with Crippen LogP contribution in [0.5, 0.6) is 23.0 Å². The summed E-state index contributed by atoms with van der Waals surface area (Å²) in [5, 5.41) is 27.1. The summed E-state index contributed by atoms with van der Waals surface area (Å²) >= 11 is 5.18. The van der Waals surface area contributed by atoms with E-state index in [1.54, 1.807) is 0 Å². The van der Waals surface area contributed by atoms with Gasteiger partial charge in [-0.2, -0.15) is 12.6 Å². The Morgan fingerprint density at radius 3 is 1.37 bits per heavy atom. The molecule has 0 saturated heterocycles. The molecule has 2 aliphatic rings. The summed E-state index contributed by atoms with van der Waals surface area (Å²) in [5.41, 5.74) is 14.3. The van der Waals surface area contributed by atoms with E-state index in [9.17, 15) is 14.7 Å². The number of rotatable bonds is 6. The van der Waals surface area contributed by atoms with Gasteiger partial charge in [-0.05, 0) is 24.3 Å². The summed E-state index contributed by atoms with van der Waals surface area (Å²) in [4.78, 5) is 20.7. The number of thiol groups is 1. The van der Waals surface area contributed by atoms with Gasteiger partial charge in [-0.15, -0.1) is 11.8 Å². The Hall–Kier alpha value is -4.00. The van der Waals surface area contributed by atoms with Crippen molar-refractivity contribution in [3.8, 4) is 23.0 Å². The van der Waals surface area contributed by atoms with Crippen LogP contribution in [0.4, 0.5) is 0 Å². The molecule has 0 saturated carbocycles. The molecule has 0 aliphatic carbocycles. The number of carboxylic acids is 2. The molecule has 0 spiro atoms. The second kappa shape index (κ2) is 14.9. The molecule has 0 aromatic heterocycles. The van der Waals surface area contributed by atoms with E-state index in [2.05, 4.69) is 12.6 Å². The molecule has 9 nitrogen and oxygen atoms in total. The summed E-state index contributed by atoms with van der Waals surface area (Å²) in [7, 11) is 0. The molecule has 7 N–H and O–H groups in total. The minimum absolute atomic E-state index is 0.0385. The first-order chi connectivity index (χ1) is 20.7. The van der Waals surface area contributed by atoms with Gasteiger partial charge in [0.25, 0.3) is 0 Å². The van der Waals surface area contributed by atoms with Gasteiger partial charge < -0.3 is 36.3 Å². The monoisotopic (exact) mass is 620 g/mol. The Morgan fingerprint density at radius 1 is 0.674 bits per heavy atom. The molecule has 224 valence electrons. The molecule has 0 fully saturated rings. The SMILES string of the molecule is NC(CS)C(=O)O.NC(CSC1c2ccccc2Oc2ccccc21)C(=O)O.OC1c2ccccc2Oc2ccccc21. The van der Waals surface area contributed by atoms with E-state index < -0.39 is 30.1 Å². The number of aliphatic hydroxyl groups excluding tert-OH is 1. The van der Waals surface area contributed by atoms with Crippen LogP contribution in [-0.2, 0) is 9.59 Å². The smallest absolute Gasteiger partial charge is 0.321 e. The van der Waals surface area contributed by atoms with Gasteiger partial charge in [-0.3, -0.25) is 9.59 Å². The van der Waals surface area contributed by atoms with Crippen molar-refractivity contribution in [2.45, 2.75) is 23.4 Å². The quantitative estimate of drug-likeness (QED) is 0.157. The predicted molar refractivity (Wildman–Crippen MR) is 169 cm³/mol. The average molecular weight is 621 g/mol. The summed E-state index contributed by atoms with van der Waals surface area (Å²) in [6, 6.07) is 29.1. The third kappa shape index (κ3) is 7.89. The molecular formula is C32H32N2O7S2. The normalized spacial score (nSPS) is 14.2. The van der Waals surface area contributed by atoms with Gasteiger partial charge >= 0.3 is 11.9 Å². The molecule has 2 atom stereocenters. The van der Waals surface area contributed by atoms with Crippen molar-refractivity contribution < 1.29 is 34.4 Å². The lowest BCUT2D eigenvalue weighted by Crippen LogP contribution is -2.32. The zero-order valence-electron chi connectivity index (χ0n) is 22.9. The molecule has 43 heavy (non-hydrogen) atoms. The van der Waals surface area contributed by atoms with E-state index in [1.165, 1.54) is 11.8 Å². The molecule has 0 bridgehead atoms. The van der Waals surface area contributed by atoms with E-state index in [0.29, 0.717) is 5.75 Å². The van der Waals surface area contributed by atoms with Crippen LogP contribution in [0.15, 0.2) is 97.1 Å². The maximum Gasteiger partial charge on any atom is 0.321 e. The predicted octanol–water partition coefficient (Wildman–Crippen LogP) is 5.23. The van der Waals surface area contributed by atoms with Crippen molar-refractivity contribution in [3.63, 3.8) is 0 Å². The van der Waals surface area contributed by atoms with Crippen molar-refractivity contribution in [3.05, 3.63) is 119 Å². The van der Waals surface area contributed by atoms with Crippen molar-refractivity contribution in [2.75, 3.05) is 11.5 Å². The number of aliphatic carboxylic acids is 2. The molecule has 0 radical (unpaired) electrons. The number of fused-ring (bicyclic) bond motifs is 4. The van der Waals surface area contributed by atoms with E-state index in [4.69, 9.17) is 31.2 Å². The Bertz CT molecular complexity index is 1480. The van der Waals surface area contributed by atoms with Gasteiger partial charge in [-0.1, -0.05) is 72.8 Å². The number of hydrogen-bond acceptors (Lipinski definition) is 9. The molecule has 6 rings (SSSR count). The van der Waals surface area contributed by atoms with Gasteiger partial charge in [0.2, 0.25) is 0 Å². The molecule has 0 amide bonds. The fourth-order valence-corrected chi connectivity index (χ4v) is 5.73. The van der Waals surface area contributed by atoms with Crippen molar-refractivity contribution >= 4 is 36.3 Å². The lowest BCUT2D eigenvalue weighted by molar-refractivity contribution is -0.138. The molecule has 11 heteroatoms.